The third kappa shape index (κ3) is 6.83. The summed E-state index contributed by atoms with van der Waals surface area (Å²) in [7, 11) is 0. The molecule has 1 saturated heterocycles. The van der Waals surface area contributed by atoms with Crippen LogP contribution in [0.25, 0.3) is 0 Å². The fourth-order valence-corrected chi connectivity index (χ4v) is 7.00. The first kappa shape index (κ1) is 31.7. The van der Waals surface area contributed by atoms with Gasteiger partial charge in [0, 0.05) is 35.5 Å². The maximum absolute atomic E-state index is 12.5. The molecule has 234 valence electrons. The lowest BCUT2D eigenvalue weighted by Gasteiger charge is -2.43. The van der Waals surface area contributed by atoms with Crippen molar-refractivity contribution in [2.75, 3.05) is 26.2 Å². The molecule has 1 fully saturated rings. The van der Waals surface area contributed by atoms with Crippen LogP contribution in [-0.4, -0.2) is 53.7 Å². The molecule has 3 aromatic carbocycles. The van der Waals surface area contributed by atoms with Crippen molar-refractivity contribution in [3.8, 4) is 0 Å². The first-order chi connectivity index (χ1) is 21.9. The summed E-state index contributed by atoms with van der Waals surface area (Å²) in [5.41, 5.74) is 6.38. The smallest absolute Gasteiger partial charge is 0.269 e. The predicted molar refractivity (Wildman–Crippen MR) is 175 cm³/mol. The van der Waals surface area contributed by atoms with Crippen molar-refractivity contribution in [3.63, 3.8) is 0 Å². The van der Waals surface area contributed by atoms with E-state index in [-0.39, 0.29) is 11.1 Å². The number of hydrogen-bond donors (Lipinski definition) is 2. The molecule has 2 aliphatic rings. The molecule has 9 heteroatoms. The summed E-state index contributed by atoms with van der Waals surface area (Å²) < 4.78 is 0. The van der Waals surface area contributed by atoms with Crippen LogP contribution in [0.3, 0.4) is 0 Å². The lowest BCUT2D eigenvalue weighted by molar-refractivity contribution is -0.384. The number of nitro groups is 1. The summed E-state index contributed by atoms with van der Waals surface area (Å²) in [6.45, 7) is 7.24. The van der Waals surface area contributed by atoms with E-state index in [0.29, 0.717) is 18.7 Å². The Bertz CT molecular complexity index is 1500. The average molecular weight is 608 g/mol. The number of piperidine rings is 1. The Kier molecular flexibility index (Phi) is 10.1. The number of rotatable bonds is 13. The zero-order valence-electron chi connectivity index (χ0n) is 25.9. The number of amides is 2. The van der Waals surface area contributed by atoms with Gasteiger partial charge in [-0.25, -0.2) is 0 Å². The van der Waals surface area contributed by atoms with E-state index in [9.17, 15) is 19.7 Å². The highest BCUT2D eigenvalue weighted by atomic mass is 16.6. The van der Waals surface area contributed by atoms with Crippen molar-refractivity contribution in [1.82, 2.24) is 20.4 Å². The fourth-order valence-electron chi connectivity index (χ4n) is 7.00. The van der Waals surface area contributed by atoms with Gasteiger partial charge in [-0.1, -0.05) is 72.8 Å². The number of allylic oxidation sites excluding steroid dienone is 2. The van der Waals surface area contributed by atoms with Gasteiger partial charge in [0.25, 0.3) is 5.69 Å². The highest BCUT2D eigenvalue weighted by Crippen LogP contribution is 2.42. The normalized spacial score (nSPS) is 18.2. The second-order valence-electron chi connectivity index (χ2n) is 11.9. The van der Waals surface area contributed by atoms with Gasteiger partial charge in [-0.15, -0.1) is 0 Å². The van der Waals surface area contributed by atoms with Crippen LogP contribution in [0.1, 0.15) is 62.1 Å². The van der Waals surface area contributed by atoms with Crippen molar-refractivity contribution in [2.45, 2.75) is 50.9 Å². The van der Waals surface area contributed by atoms with Gasteiger partial charge in [0.1, 0.15) is 0 Å². The van der Waals surface area contributed by atoms with E-state index in [2.05, 4.69) is 76.2 Å². The molecule has 0 radical (unpaired) electrons. The molecule has 9 nitrogen and oxygen atoms in total. The molecule has 0 bridgehead atoms. The number of nitrogens with zero attached hydrogens (tertiary/aromatic N) is 3. The number of unbranched alkanes of at least 4 members (excludes halogenated alkanes) is 1. The first-order valence-electron chi connectivity index (χ1n) is 15.6. The molecule has 2 aliphatic heterocycles. The van der Waals surface area contributed by atoms with Gasteiger partial charge in [0.2, 0.25) is 12.8 Å². The van der Waals surface area contributed by atoms with E-state index >= 15 is 0 Å². The van der Waals surface area contributed by atoms with Crippen LogP contribution in [0.5, 0.6) is 0 Å². The van der Waals surface area contributed by atoms with Gasteiger partial charge in [-0.2, -0.15) is 0 Å². The van der Waals surface area contributed by atoms with Crippen LogP contribution in [0.15, 0.2) is 108 Å². The minimum atomic E-state index is -0.464. The van der Waals surface area contributed by atoms with Gasteiger partial charge in [0.05, 0.1) is 22.2 Å². The lowest BCUT2D eigenvalue weighted by Crippen LogP contribution is -2.43. The summed E-state index contributed by atoms with van der Waals surface area (Å²) in [6, 6.07) is 28.0. The van der Waals surface area contributed by atoms with Gasteiger partial charge < -0.3 is 20.4 Å². The van der Waals surface area contributed by atoms with Crippen molar-refractivity contribution < 1.29 is 14.5 Å². The Balaban J connectivity index is 1.25. The van der Waals surface area contributed by atoms with Crippen LogP contribution >= 0.6 is 0 Å². The van der Waals surface area contributed by atoms with E-state index in [4.69, 9.17) is 0 Å². The number of likely N-dealkylation sites (tertiary alicyclic amines) is 1. The zero-order chi connectivity index (χ0) is 31.8. The number of hydrogen-bond acceptors (Lipinski definition) is 6. The van der Waals surface area contributed by atoms with E-state index in [1.165, 1.54) is 23.3 Å². The molecule has 0 aliphatic carbocycles. The van der Waals surface area contributed by atoms with Crippen molar-refractivity contribution in [3.05, 3.63) is 135 Å². The molecule has 1 unspecified atom stereocenters. The predicted octanol–water partition coefficient (Wildman–Crippen LogP) is 5.81. The van der Waals surface area contributed by atoms with Crippen molar-refractivity contribution in [1.29, 1.82) is 0 Å². The summed E-state index contributed by atoms with van der Waals surface area (Å²) in [5.74, 6) is -0.464. The third-order valence-corrected chi connectivity index (χ3v) is 9.30. The standard InChI is InChI=1S/C36H41N5O4/c1-27-34(37-25-42)33(29-15-17-32(18-16-29)41(44)45)35(28(2)38-27)40(26-43)22-10-9-21-39-23-19-36(20-24-39,30-11-5-3-6-12-30)31-13-7-4-8-14-31/h3-8,11-18,25-26,33,38H,9-10,19-24H2,1-2H3,(H,37,42). The highest BCUT2D eigenvalue weighted by molar-refractivity contribution is 5.60. The molecule has 1 atom stereocenters. The summed E-state index contributed by atoms with van der Waals surface area (Å²) >= 11 is 0. The molecule has 0 spiro atoms. The number of benzene rings is 3. The van der Waals surface area contributed by atoms with Crippen LogP contribution < -0.4 is 10.6 Å². The molecule has 5 rings (SSSR count). The van der Waals surface area contributed by atoms with Gasteiger partial charge >= 0.3 is 0 Å². The molecule has 0 saturated carbocycles. The van der Waals surface area contributed by atoms with E-state index in [1.807, 2.05) is 13.8 Å². The summed E-state index contributed by atoms with van der Waals surface area (Å²) in [6.07, 6.45) is 5.30. The number of nitrogens with one attached hydrogen (secondary N) is 2. The van der Waals surface area contributed by atoms with E-state index < -0.39 is 10.8 Å². The minimum absolute atomic E-state index is 0.0110. The fraction of sp³-hybridized carbons (Fsp3) is 0.333. The number of non-ortho nitro benzene ring substituents is 1. The summed E-state index contributed by atoms with van der Waals surface area (Å²) in [5, 5.41) is 17.4. The molecular formula is C36H41N5O4. The molecular weight excluding hydrogens is 566 g/mol. The molecule has 2 heterocycles. The van der Waals surface area contributed by atoms with Crippen molar-refractivity contribution in [2.24, 2.45) is 0 Å². The van der Waals surface area contributed by atoms with Gasteiger partial charge in [0.15, 0.2) is 0 Å². The monoisotopic (exact) mass is 607 g/mol. The van der Waals surface area contributed by atoms with E-state index in [0.717, 1.165) is 74.4 Å². The Labute approximate surface area is 264 Å². The highest BCUT2D eigenvalue weighted by Gasteiger charge is 2.37. The van der Waals surface area contributed by atoms with Crippen molar-refractivity contribution >= 4 is 18.5 Å². The minimum Gasteiger partial charge on any atom is -0.360 e. The van der Waals surface area contributed by atoms with Crippen LogP contribution in [-0.2, 0) is 15.0 Å². The first-order valence-corrected chi connectivity index (χ1v) is 15.6. The van der Waals surface area contributed by atoms with E-state index in [1.54, 1.807) is 17.0 Å². The maximum Gasteiger partial charge on any atom is 0.269 e. The van der Waals surface area contributed by atoms with Gasteiger partial charge in [-0.3, -0.25) is 19.7 Å². The second-order valence-corrected chi connectivity index (χ2v) is 11.9. The maximum atomic E-state index is 12.5. The molecule has 3 aromatic rings. The van der Waals surface area contributed by atoms with Crippen LogP contribution in [0.4, 0.5) is 5.69 Å². The SMILES string of the molecule is CC1=C(NC=O)C(c2ccc([N+](=O)[O-])cc2)C(N(C=O)CCCCN2CCC(c3ccccc3)(c3ccccc3)CC2)=C(C)N1. The summed E-state index contributed by atoms with van der Waals surface area (Å²) in [4.78, 5) is 39.1. The average Bonchev–Trinajstić information content (AvgIpc) is 3.07. The van der Waals surface area contributed by atoms with Gasteiger partial charge in [-0.05, 0) is 75.9 Å². The molecule has 45 heavy (non-hydrogen) atoms. The molecule has 0 aromatic heterocycles. The zero-order valence-corrected chi connectivity index (χ0v) is 25.9. The largest absolute Gasteiger partial charge is 0.360 e. The lowest BCUT2D eigenvalue weighted by atomic mass is 9.68. The number of carbonyl (C=O) groups excluding carboxylic acids is 2. The Morgan fingerprint density at radius 2 is 1.51 bits per heavy atom. The van der Waals surface area contributed by atoms with Crippen LogP contribution in [0.2, 0.25) is 0 Å². The quantitative estimate of drug-likeness (QED) is 0.110. The topological polar surface area (TPSA) is 108 Å². The Morgan fingerprint density at radius 3 is 2.04 bits per heavy atom. The molecule has 2 amide bonds. The Hall–Kier alpha value is -4.76. The van der Waals surface area contributed by atoms with Crippen LogP contribution in [0, 0.1) is 10.1 Å². The number of nitro benzene ring substituents is 1. The second kappa shape index (κ2) is 14.3. The Morgan fingerprint density at radius 1 is 0.911 bits per heavy atom. The number of carbonyl (C=O) groups is 2. The number of dihydropyridines is 1. The molecule has 2 N–H and O–H groups in total. The third-order valence-electron chi connectivity index (χ3n) is 9.30.